The number of nitrogens with one attached hydrogen (secondary N) is 2. The second-order valence-electron chi connectivity index (χ2n) is 6.61. The van der Waals surface area contributed by atoms with Crippen LogP contribution in [0.25, 0.3) is 0 Å². The number of rotatable bonds is 4. The summed E-state index contributed by atoms with van der Waals surface area (Å²) in [6.07, 6.45) is 4.43. The second kappa shape index (κ2) is 7.45. The van der Waals surface area contributed by atoms with Crippen molar-refractivity contribution in [2.24, 2.45) is 11.3 Å². The molecule has 2 N–H and O–H groups in total. The molecule has 0 aromatic heterocycles. The molecule has 1 saturated carbocycles. The van der Waals surface area contributed by atoms with Crippen molar-refractivity contribution in [3.8, 4) is 0 Å². The number of fused-ring (bicyclic) bond motifs is 1. The molecule has 1 aliphatic heterocycles. The maximum atomic E-state index is 12.8. The van der Waals surface area contributed by atoms with E-state index >= 15 is 0 Å². The first-order valence-corrected chi connectivity index (χ1v) is 7.71. The number of carbonyl (C=O) groups excluding carboxylic acids is 2. The second-order valence-corrected chi connectivity index (χ2v) is 6.61. The van der Waals surface area contributed by atoms with Crippen molar-refractivity contribution >= 4 is 24.2 Å². The standard InChI is InChI=1S/C15H27N3O2.ClH/c1-11(2)17-13(19)9-18(3)14(20)15-7-5-4-6-12(15)8-16-10-15;/h11-12,16H,4-10H2,1-3H3,(H,17,19);1H/t12-,15+;/m0./s1. The molecule has 0 aromatic carbocycles. The van der Waals surface area contributed by atoms with Crippen molar-refractivity contribution < 1.29 is 9.59 Å². The highest BCUT2D eigenvalue weighted by Gasteiger charge is 2.50. The monoisotopic (exact) mass is 317 g/mol. The van der Waals surface area contributed by atoms with Crippen molar-refractivity contribution in [1.29, 1.82) is 0 Å². The van der Waals surface area contributed by atoms with Crippen LogP contribution in [0, 0.1) is 11.3 Å². The van der Waals surface area contributed by atoms with Gasteiger partial charge in [0.2, 0.25) is 11.8 Å². The largest absolute Gasteiger partial charge is 0.352 e. The molecule has 0 spiro atoms. The van der Waals surface area contributed by atoms with Crippen molar-refractivity contribution in [1.82, 2.24) is 15.5 Å². The third-order valence-corrected chi connectivity index (χ3v) is 4.64. The quantitative estimate of drug-likeness (QED) is 0.818. The summed E-state index contributed by atoms with van der Waals surface area (Å²) in [6, 6.07) is 0.111. The summed E-state index contributed by atoms with van der Waals surface area (Å²) in [5.74, 6) is 0.510. The number of hydrogen-bond acceptors (Lipinski definition) is 3. The van der Waals surface area contributed by atoms with Gasteiger partial charge in [-0.3, -0.25) is 9.59 Å². The van der Waals surface area contributed by atoms with Gasteiger partial charge in [0.25, 0.3) is 0 Å². The molecule has 2 rings (SSSR count). The van der Waals surface area contributed by atoms with Crippen molar-refractivity contribution in [3.63, 3.8) is 0 Å². The highest BCUT2D eigenvalue weighted by molar-refractivity contribution is 5.88. The van der Waals surface area contributed by atoms with Gasteiger partial charge in [-0.15, -0.1) is 12.4 Å². The van der Waals surface area contributed by atoms with Gasteiger partial charge >= 0.3 is 0 Å². The topological polar surface area (TPSA) is 61.4 Å². The Morgan fingerprint density at radius 2 is 2.10 bits per heavy atom. The fourth-order valence-electron chi connectivity index (χ4n) is 3.70. The third kappa shape index (κ3) is 3.89. The van der Waals surface area contributed by atoms with Gasteiger partial charge < -0.3 is 15.5 Å². The predicted octanol–water partition coefficient (Wildman–Crippen LogP) is 1.17. The van der Waals surface area contributed by atoms with Crippen LogP contribution in [-0.2, 0) is 9.59 Å². The molecular formula is C15H28ClN3O2. The van der Waals surface area contributed by atoms with Crippen LogP contribution in [0.15, 0.2) is 0 Å². The van der Waals surface area contributed by atoms with Gasteiger partial charge in [-0.25, -0.2) is 0 Å². The molecule has 0 aromatic rings. The highest BCUT2D eigenvalue weighted by atomic mass is 35.5. The zero-order valence-electron chi connectivity index (χ0n) is 13.3. The van der Waals surface area contributed by atoms with E-state index in [0.717, 1.165) is 32.4 Å². The lowest BCUT2D eigenvalue weighted by molar-refractivity contribution is -0.146. The van der Waals surface area contributed by atoms with E-state index in [1.165, 1.54) is 6.42 Å². The number of halogens is 1. The normalized spacial score (nSPS) is 27.7. The van der Waals surface area contributed by atoms with Gasteiger partial charge in [-0.1, -0.05) is 12.8 Å². The first-order chi connectivity index (χ1) is 9.45. The van der Waals surface area contributed by atoms with E-state index in [1.807, 2.05) is 13.8 Å². The number of carbonyl (C=O) groups is 2. The minimum Gasteiger partial charge on any atom is -0.352 e. The molecule has 21 heavy (non-hydrogen) atoms. The van der Waals surface area contributed by atoms with Crippen molar-refractivity contribution in [2.45, 2.75) is 45.6 Å². The van der Waals surface area contributed by atoms with Gasteiger partial charge in [0.05, 0.1) is 12.0 Å². The molecule has 0 bridgehead atoms. The van der Waals surface area contributed by atoms with Gasteiger partial charge in [-0.2, -0.15) is 0 Å². The van der Waals surface area contributed by atoms with E-state index in [0.29, 0.717) is 5.92 Å². The summed E-state index contributed by atoms with van der Waals surface area (Å²) in [7, 11) is 1.75. The molecule has 2 aliphatic rings. The average Bonchev–Trinajstić information content (AvgIpc) is 2.81. The molecule has 0 unspecified atom stereocenters. The van der Waals surface area contributed by atoms with E-state index in [4.69, 9.17) is 0 Å². The zero-order valence-corrected chi connectivity index (χ0v) is 14.1. The van der Waals surface area contributed by atoms with E-state index in [1.54, 1.807) is 11.9 Å². The average molecular weight is 318 g/mol. The summed E-state index contributed by atoms with van der Waals surface area (Å²) in [6.45, 7) is 5.73. The van der Waals surface area contributed by atoms with Crippen LogP contribution in [0.5, 0.6) is 0 Å². The van der Waals surface area contributed by atoms with E-state index in [-0.39, 0.29) is 42.2 Å². The Morgan fingerprint density at radius 3 is 2.76 bits per heavy atom. The van der Waals surface area contributed by atoms with Crippen molar-refractivity contribution in [2.75, 3.05) is 26.7 Å². The summed E-state index contributed by atoms with van der Waals surface area (Å²) in [4.78, 5) is 26.3. The Kier molecular flexibility index (Phi) is 6.47. The SMILES string of the molecule is CC(C)NC(=O)CN(C)C(=O)[C@@]12CCCC[C@H]1CNC2.Cl. The van der Waals surface area contributed by atoms with Crippen LogP contribution in [0.4, 0.5) is 0 Å². The smallest absolute Gasteiger partial charge is 0.239 e. The van der Waals surface area contributed by atoms with Crippen LogP contribution in [0.3, 0.4) is 0 Å². The fraction of sp³-hybridized carbons (Fsp3) is 0.867. The lowest BCUT2D eigenvalue weighted by Crippen LogP contribution is -2.51. The van der Waals surface area contributed by atoms with Gasteiger partial charge in [0, 0.05) is 19.6 Å². The molecule has 5 nitrogen and oxygen atoms in total. The predicted molar refractivity (Wildman–Crippen MR) is 85.4 cm³/mol. The van der Waals surface area contributed by atoms with Crippen LogP contribution < -0.4 is 10.6 Å². The Balaban J connectivity index is 0.00000220. The van der Waals surface area contributed by atoms with Gasteiger partial charge in [0.15, 0.2) is 0 Å². The Morgan fingerprint density at radius 1 is 1.38 bits per heavy atom. The van der Waals surface area contributed by atoms with Crippen LogP contribution in [0.2, 0.25) is 0 Å². The molecule has 1 saturated heterocycles. The zero-order chi connectivity index (χ0) is 14.8. The summed E-state index contributed by atoms with van der Waals surface area (Å²) < 4.78 is 0. The Labute approximate surface area is 133 Å². The molecule has 0 radical (unpaired) electrons. The Bertz CT molecular complexity index is 389. The molecule has 1 heterocycles. The van der Waals surface area contributed by atoms with Crippen LogP contribution in [-0.4, -0.2) is 49.4 Å². The van der Waals surface area contributed by atoms with E-state index < -0.39 is 0 Å². The van der Waals surface area contributed by atoms with E-state index in [2.05, 4.69) is 10.6 Å². The maximum absolute atomic E-state index is 12.8. The Hall–Kier alpha value is -0.810. The fourth-order valence-corrected chi connectivity index (χ4v) is 3.70. The number of likely N-dealkylation sites (N-methyl/N-ethyl adjacent to an activating group) is 1. The van der Waals surface area contributed by atoms with Crippen molar-refractivity contribution in [3.05, 3.63) is 0 Å². The molecular weight excluding hydrogens is 290 g/mol. The minimum absolute atomic E-state index is 0. The molecule has 1 aliphatic carbocycles. The first-order valence-electron chi connectivity index (χ1n) is 7.71. The molecule has 2 fully saturated rings. The number of amides is 2. The van der Waals surface area contributed by atoms with Crippen LogP contribution in [0.1, 0.15) is 39.5 Å². The van der Waals surface area contributed by atoms with Gasteiger partial charge in [0.1, 0.15) is 0 Å². The third-order valence-electron chi connectivity index (χ3n) is 4.64. The summed E-state index contributed by atoms with van der Waals surface area (Å²) in [5, 5.41) is 6.22. The maximum Gasteiger partial charge on any atom is 0.239 e. The van der Waals surface area contributed by atoms with E-state index in [9.17, 15) is 9.59 Å². The summed E-state index contributed by atoms with van der Waals surface area (Å²) in [5.41, 5.74) is -0.259. The highest BCUT2D eigenvalue weighted by Crippen LogP contribution is 2.44. The molecule has 122 valence electrons. The number of hydrogen-bond donors (Lipinski definition) is 2. The van der Waals surface area contributed by atoms with Crippen LogP contribution >= 0.6 is 12.4 Å². The molecule has 2 amide bonds. The molecule has 2 atom stereocenters. The van der Waals surface area contributed by atoms with Gasteiger partial charge in [-0.05, 0) is 39.2 Å². The lowest BCUT2D eigenvalue weighted by atomic mass is 9.67. The summed E-state index contributed by atoms with van der Waals surface area (Å²) >= 11 is 0. The first kappa shape index (κ1) is 18.2. The minimum atomic E-state index is -0.259. The molecule has 6 heteroatoms. The lowest BCUT2D eigenvalue weighted by Gasteiger charge is -2.39. The number of nitrogens with zero attached hydrogens (tertiary/aromatic N) is 1.